The van der Waals surface area contributed by atoms with Crippen molar-refractivity contribution in [2.45, 2.75) is 24.9 Å². The van der Waals surface area contributed by atoms with Crippen molar-refractivity contribution in [1.82, 2.24) is 9.71 Å². The van der Waals surface area contributed by atoms with Gasteiger partial charge in [-0.05, 0) is 59.9 Å². The van der Waals surface area contributed by atoms with Crippen LogP contribution in [0.15, 0.2) is 60.8 Å². The second-order valence-electron chi connectivity index (χ2n) is 7.78. The number of aromatic nitrogens is 1. The number of anilines is 2. The number of rotatable bonds is 7. The van der Waals surface area contributed by atoms with Crippen LogP contribution in [0.25, 0.3) is 0 Å². The van der Waals surface area contributed by atoms with Crippen molar-refractivity contribution < 1.29 is 8.42 Å². The summed E-state index contributed by atoms with van der Waals surface area (Å²) in [6.07, 6.45) is 4.37. The Morgan fingerprint density at radius 1 is 1.06 bits per heavy atom. The van der Waals surface area contributed by atoms with Gasteiger partial charge < -0.3 is 4.90 Å². The van der Waals surface area contributed by atoms with Gasteiger partial charge in [-0.2, -0.15) is 0 Å². The van der Waals surface area contributed by atoms with Crippen molar-refractivity contribution in [3.05, 3.63) is 94.5 Å². The van der Waals surface area contributed by atoms with Gasteiger partial charge in [0.15, 0.2) is 0 Å². The Balaban J connectivity index is 1.64. The fourth-order valence-electron chi connectivity index (χ4n) is 3.63. The molecule has 3 aromatic rings. The highest BCUT2D eigenvalue weighted by atomic mass is 35.5. The zero-order valence-corrected chi connectivity index (χ0v) is 19.2. The maximum Gasteiger partial charge on any atom is 0.209 e. The summed E-state index contributed by atoms with van der Waals surface area (Å²) in [6.45, 7) is 6.75. The molecule has 0 amide bonds. The topological polar surface area (TPSA) is 62.3 Å². The average molecular weight is 474 g/mol. The summed E-state index contributed by atoms with van der Waals surface area (Å²) in [7, 11) is -3.28. The Labute approximate surface area is 193 Å². The number of halogens is 2. The number of pyridine rings is 1. The average Bonchev–Trinajstić information content (AvgIpc) is 3.47. The maximum absolute atomic E-state index is 11.7. The van der Waals surface area contributed by atoms with Gasteiger partial charge in [0.2, 0.25) is 10.0 Å². The first kappa shape index (κ1) is 22.1. The fraction of sp³-hybridized carbons (Fsp3) is 0.217. The Hall–Kier alpha value is -2.12. The molecule has 0 unspecified atom stereocenters. The minimum Gasteiger partial charge on any atom is -0.322 e. The third-order valence-electron chi connectivity index (χ3n) is 5.25. The van der Waals surface area contributed by atoms with Crippen molar-refractivity contribution in [3.8, 4) is 0 Å². The molecule has 0 saturated heterocycles. The van der Waals surface area contributed by atoms with Crippen LogP contribution in [-0.4, -0.2) is 19.7 Å². The summed E-state index contributed by atoms with van der Waals surface area (Å²) in [6, 6.07) is 16.9. The molecule has 31 heavy (non-hydrogen) atoms. The zero-order chi connectivity index (χ0) is 22.2. The van der Waals surface area contributed by atoms with Crippen molar-refractivity contribution in [2.75, 3.05) is 11.2 Å². The molecular weight excluding hydrogens is 453 g/mol. The van der Waals surface area contributed by atoms with Crippen LogP contribution < -0.4 is 9.62 Å². The van der Waals surface area contributed by atoms with Crippen LogP contribution in [0.2, 0.25) is 10.0 Å². The van der Waals surface area contributed by atoms with Crippen molar-refractivity contribution >= 4 is 44.7 Å². The molecule has 0 bridgehead atoms. The summed E-state index contributed by atoms with van der Waals surface area (Å²) in [5.74, 6) is 0.694. The van der Waals surface area contributed by atoms with E-state index in [1.165, 1.54) is 6.26 Å². The van der Waals surface area contributed by atoms with E-state index in [4.69, 9.17) is 30.1 Å². The van der Waals surface area contributed by atoms with Crippen molar-refractivity contribution in [2.24, 2.45) is 0 Å². The Bertz CT molecular complexity index is 1190. The number of sulfonamides is 1. The van der Waals surface area contributed by atoms with Gasteiger partial charge in [-0.1, -0.05) is 47.5 Å². The molecule has 1 saturated carbocycles. The van der Waals surface area contributed by atoms with Gasteiger partial charge in [0.25, 0.3) is 0 Å². The molecule has 1 aliphatic carbocycles. The highest BCUT2D eigenvalue weighted by Crippen LogP contribution is 2.46. The highest BCUT2D eigenvalue weighted by molar-refractivity contribution is 7.88. The predicted molar refractivity (Wildman–Crippen MR) is 125 cm³/mol. The van der Waals surface area contributed by atoms with Crippen LogP contribution in [0.4, 0.5) is 11.5 Å². The van der Waals surface area contributed by atoms with E-state index in [-0.39, 0.29) is 0 Å². The standard InChI is InChI=1S/C23H21Cl2N3O2S/c1-16-13-19(24)7-9-21(16)28(22-10-8-20(25)14-26-22)15-17-3-5-18(6-4-17)23(11-12-23)27-31(2,29)30/h1,3-10,13-14,27H,11-12,15H2,2H3. The summed E-state index contributed by atoms with van der Waals surface area (Å²) >= 11 is 12.1. The lowest BCUT2D eigenvalue weighted by Gasteiger charge is -2.26. The van der Waals surface area contributed by atoms with Crippen LogP contribution in [0.5, 0.6) is 0 Å². The zero-order valence-electron chi connectivity index (χ0n) is 16.8. The molecule has 1 N–H and O–H groups in total. The third-order valence-corrected chi connectivity index (χ3v) is 6.47. The van der Waals surface area contributed by atoms with E-state index in [9.17, 15) is 8.42 Å². The number of hydrogen-bond acceptors (Lipinski definition) is 4. The van der Waals surface area contributed by atoms with Gasteiger partial charge in [0.1, 0.15) is 5.82 Å². The van der Waals surface area contributed by atoms with Crippen LogP contribution in [0.3, 0.4) is 0 Å². The van der Waals surface area contributed by atoms with E-state index < -0.39 is 15.6 Å². The summed E-state index contributed by atoms with van der Waals surface area (Å²) in [5, 5.41) is 1.10. The van der Waals surface area contributed by atoms with Gasteiger partial charge in [-0.25, -0.2) is 18.1 Å². The number of nitrogens with one attached hydrogen (secondary N) is 1. The quantitative estimate of drug-likeness (QED) is 0.503. The lowest BCUT2D eigenvalue weighted by molar-refractivity contribution is 0.557. The first-order valence-electron chi connectivity index (χ1n) is 9.68. The molecule has 4 rings (SSSR count). The first-order chi connectivity index (χ1) is 14.7. The first-order valence-corrected chi connectivity index (χ1v) is 12.3. The van der Waals surface area contributed by atoms with Crippen LogP contribution in [-0.2, 0) is 22.1 Å². The van der Waals surface area contributed by atoms with Crippen LogP contribution in [0, 0.1) is 6.92 Å². The SMILES string of the molecule is [CH]c1cc(Cl)ccc1N(Cc1ccc(C2(NS(C)(=O)=O)CC2)cc1)c1ccc(Cl)cn1. The van der Waals surface area contributed by atoms with Gasteiger partial charge in [0, 0.05) is 30.4 Å². The molecule has 5 nitrogen and oxygen atoms in total. The Kier molecular flexibility index (Phi) is 6.01. The summed E-state index contributed by atoms with van der Waals surface area (Å²) in [5.41, 5.74) is 2.81. The second kappa shape index (κ2) is 8.43. The molecule has 1 fully saturated rings. The van der Waals surface area contributed by atoms with Gasteiger partial charge in [0.05, 0.1) is 16.8 Å². The summed E-state index contributed by atoms with van der Waals surface area (Å²) < 4.78 is 26.2. The number of benzene rings is 2. The minimum atomic E-state index is -3.28. The molecule has 160 valence electrons. The lowest BCUT2D eigenvalue weighted by atomic mass is 10.0. The van der Waals surface area contributed by atoms with E-state index in [1.807, 2.05) is 41.3 Å². The molecule has 8 heteroatoms. The number of hydrogen-bond donors (Lipinski definition) is 1. The molecule has 2 radical (unpaired) electrons. The van der Waals surface area contributed by atoms with Gasteiger partial charge in [-0.3, -0.25) is 0 Å². The monoisotopic (exact) mass is 473 g/mol. The molecule has 0 aliphatic heterocycles. The molecule has 1 heterocycles. The third kappa shape index (κ3) is 5.21. The van der Waals surface area contributed by atoms with Gasteiger partial charge in [-0.15, -0.1) is 0 Å². The molecule has 2 aromatic carbocycles. The Morgan fingerprint density at radius 2 is 1.74 bits per heavy atom. The second-order valence-corrected chi connectivity index (χ2v) is 10.4. The lowest BCUT2D eigenvalue weighted by Crippen LogP contribution is -2.33. The maximum atomic E-state index is 11.7. The molecule has 0 spiro atoms. The van der Waals surface area contributed by atoms with Crippen LogP contribution >= 0.6 is 23.2 Å². The molecule has 1 aliphatic rings. The smallest absolute Gasteiger partial charge is 0.209 e. The number of nitrogens with zero attached hydrogens (tertiary/aromatic N) is 2. The van der Waals surface area contributed by atoms with Gasteiger partial charge >= 0.3 is 0 Å². The normalized spacial score (nSPS) is 15.0. The largest absolute Gasteiger partial charge is 0.322 e. The van der Waals surface area contributed by atoms with E-state index in [2.05, 4.69) is 9.71 Å². The van der Waals surface area contributed by atoms with Crippen LogP contribution in [0.1, 0.15) is 29.5 Å². The minimum absolute atomic E-state index is 0.482. The van der Waals surface area contributed by atoms with Crippen molar-refractivity contribution in [1.29, 1.82) is 0 Å². The van der Waals surface area contributed by atoms with E-state index >= 15 is 0 Å². The predicted octanol–water partition coefficient (Wildman–Crippen LogP) is 5.32. The van der Waals surface area contributed by atoms with E-state index in [0.29, 0.717) is 28.0 Å². The Morgan fingerprint density at radius 3 is 2.29 bits per heavy atom. The fourth-order valence-corrected chi connectivity index (χ4v) is 4.95. The summed E-state index contributed by atoms with van der Waals surface area (Å²) in [4.78, 5) is 6.44. The molecule has 1 aromatic heterocycles. The van der Waals surface area contributed by atoms with Crippen molar-refractivity contribution in [3.63, 3.8) is 0 Å². The van der Waals surface area contributed by atoms with E-state index in [0.717, 1.165) is 29.7 Å². The highest BCUT2D eigenvalue weighted by Gasteiger charge is 2.46. The van der Waals surface area contributed by atoms with E-state index in [1.54, 1.807) is 24.4 Å². The molecular formula is C23H21Cl2N3O2S. The molecule has 0 atom stereocenters.